The van der Waals surface area contributed by atoms with Gasteiger partial charge in [0, 0.05) is 0 Å². The third-order valence-corrected chi connectivity index (χ3v) is 5.66. The quantitative estimate of drug-likeness (QED) is 0.749. The Labute approximate surface area is 97.4 Å². The summed E-state index contributed by atoms with van der Waals surface area (Å²) in [5, 5.41) is 0. The van der Waals surface area contributed by atoms with Gasteiger partial charge >= 0.3 is 97.4 Å². The molecule has 1 rings (SSSR count). The molecule has 0 amide bonds. The van der Waals surface area contributed by atoms with Crippen molar-refractivity contribution < 1.29 is 13.2 Å². The van der Waals surface area contributed by atoms with Gasteiger partial charge in [-0.15, -0.1) is 0 Å². The van der Waals surface area contributed by atoms with Crippen molar-refractivity contribution in [1.29, 1.82) is 0 Å². The normalized spacial score (nSPS) is 10.4. The Kier molecular flexibility index (Phi) is 4.70. The second-order valence-corrected chi connectivity index (χ2v) is 7.38. The van der Waals surface area contributed by atoms with Gasteiger partial charge in [0.15, 0.2) is 0 Å². The van der Waals surface area contributed by atoms with Crippen molar-refractivity contribution in [2.75, 3.05) is 0 Å². The monoisotopic (exact) mass is 320 g/mol. The number of hydrogen-bond donors (Lipinski definition) is 0. The van der Waals surface area contributed by atoms with Crippen LogP contribution in [-0.4, -0.2) is 21.1 Å². The van der Waals surface area contributed by atoms with Crippen LogP contribution in [0.4, 0.5) is 13.2 Å². The first-order valence-electron chi connectivity index (χ1n) is 4.64. The van der Waals surface area contributed by atoms with E-state index < -0.39 is 38.6 Å². The van der Waals surface area contributed by atoms with Gasteiger partial charge < -0.3 is 0 Å². The van der Waals surface area contributed by atoms with Gasteiger partial charge in [-0.25, -0.2) is 0 Å². The van der Waals surface area contributed by atoms with Crippen LogP contribution in [-0.2, 0) is 0 Å². The average Bonchev–Trinajstić information content (AvgIpc) is 2.11. The molecule has 0 bridgehead atoms. The van der Waals surface area contributed by atoms with E-state index in [9.17, 15) is 13.2 Å². The van der Waals surface area contributed by atoms with Crippen LogP contribution in [0.1, 0.15) is 19.8 Å². The van der Waals surface area contributed by atoms with E-state index in [2.05, 4.69) is 6.58 Å². The Bertz CT molecular complexity index is 351. The third kappa shape index (κ3) is 3.55. The molecule has 15 heavy (non-hydrogen) atoms. The molecule has 0 aliphatic carbocycles. The van der Waals surface area contributed by atoms with E-state index in [4.69, 9.17) is 0 Å². The molecule has 0 heterocycles. The van der Waals surface area contributed by atoms with Crippen LogP contribution in [0.3, 0.4) is 0 Å². The maximum absolute atomic E-state index is 13.2. The summed E-state index contributed by atoms with van der Waals surface area (Å²) in [4.78, 5) is 0. The Balaban J connectivity index is 2.90. The van der Waals surface area contributed by atoms with Crippen LogP contribution < -0.4 is 3.58 Å². The Hall–Kier alpha value is -0.451. The van der Waals surface area contributed by atoms with Crippen molar-refractivity contribution in [2.45, 2.75) is 19.8 Å². The van der Waals surface area contributed by atoms with E-state index in [1.807, 2.05) is 6.92 Å². The molecule has 4 heteroatoms. The molecular weight excluding hydrogens is 308 g/mol. The van der Waals surface area contributed by atoms with Crippen molar-refractivity contribution in [3.05, 3.63) is 39.8 Å². The van der Waals surface area contributed by atoms with Crippen molar-refractivity contribution in [1.82, 2.24) is 0 Å². The van der Waals surface area contributed by atoms with Gasteiger partial charge in [0.1, 0.15) is 0 Å². The summed E-state index contributed by atoms with van der Waals surface area (Å²) in [6.07, 6.45) is 1.71. The van der Waals surface area contributed by atoms with Crippen molar-refractivity contribution in [2.24, 2.45) is 0 Å². The van der Waals surface area contributed by atoms with Crippen LogP contribution >= 0.6 is 0 Å². The summed E-state index contributed by atoms with van der Waals surface area (Å²) in [5.74, 6) is -2.40. The molecule has 0 unspecified atom stereocenters. The number of rotatable bonds is 4. The van der Waals surface area contributed by atoms with Crippen LogP contribution in [0.5, 0.6) is 0 Å². The molecule has 0 saturated carbocycles. The first kappa shape index (κ1) is 12.6. The predicted octanol–water partition coefficient (Wildman–Crippen LogP) is 2.75. The second kappa shape index (κ2) is 5.58. The molecule has 0 atom stereocenters. The van der Waals surface area contributed by atoms with E-state index >= 15 is 0 Å². The maximum atomic E-state index is 13.2. The van der Waals surface area contributed by atoms with Crippen molar-refractivity contribution >= 4 is 24.7 Å². The summed E-state index contributed by atoms with van der Waals surface area (Å²) < 4.78 is 40.1. The SMILES string of the molecule is C=[C](CCC)[Sn][c]1c(F)cc(F)cc1F. The Morgan fingerprint density at radius 1 is 1.27 bits per heavy atom. The second-order valence-electron chi connectivity index (χ2n) is 3.22. The summed E-state index contributed by atoms with van der Waals surface area (Å²) >= 11 is -1.48. The van der Waals surface area contributed by atoms with Crippen molar-refractivity contribution in [3.8, 4) is 0 Å². The molecule has 0 aliphatic heterocycles. The molecule has 0 aliphatic rings. The summed E-state index contributed by atoms with van der Waals surface area (Å²) in [5.41, 5.74) is 0. The molecule has 0 fully saturated rings. The zero-order valence-electron chi connectivity index (χ0n) is 8.41. The molecule has 2 radical (unpaired) electrons. The van der Waals surface area contributed by atoms with Crippen LogP contribution in [0, 0.1) is 17.5 Å². The van der Waals surface area contributed by atoms with Gasteiger partial charge in [0.2, 0.25) is 0 Å². The van der Waals surface area contributed by atoms with E-state index in [0.717, 1.165) is 28.6 Å². The van der Waals surface area contributed by atoms with Gasteiger partial charge in [-0.1, -0.05) is 0 Å². The van der Waals surface area contributed by atoms with E-state index in [0.29, 0.717) is 0 Å². The summed E-state index contributed by atoms with van der Waals surface area (Å²) in [6, 6.07) is 1.47. The fraction of sp³-hybridized carbons (Fsp3) is 0.273. The molecule has 1 aromatic carbocycles. The number of hydrogen-bond acceptors (Lipinski definition) is 0. The molecule has 0 aromatic heterocycles. The molecule has 0 nitrogen and oxygen atoms in total. The molecular formula is C11H11F3Sn. The van der Waals surface area contributed by atoms with Gasteiger partial charge in [-0.3, -0.25) is 0 Å². The van der Waals surface area contributed by atoms with Gasteiger partial charge in [-0.05, 0) is 0 Å². The minimum absolute atomic E-state index is 0.0680. The van der Waals surface area contributed by atoms with Gasteiger partial charge in [-0.2, -0.15) is 0 Å². The molecule has 1 aromatic rings. The standard InChI is InChI=1S/C6H2F3.C5H9.Sn/c7-4-1-5(8)3-6(9)2-4;1-3-5-4-2;/h1-2H;1,4-5H2,2H3;. The van der Waals surface area contributed by atoms with Crippen LogP contribution in [0.2, 0.25) is 0 Å². The topological polar surface area (TPSA) is 0 Å². The molecule has 0 saturated heterocycles. The van der Waals surface area contributed by atoms with E-state index in [-0.39, 0.29) is 3.58 Å². The van der Waals surface area contributed by atoms with E-state index in [1.165, 1.54) is 0 Å². The Morgan fingerprint density at radius 3 is 2.27 bits per heavy atom. The zero-order chi connectivity index (χ0) is 11.4. The summed E-state index contributed by atoms with van der Waals surface area (Å²) in [7, 11) is 0. The fourth-order valence-corrected chi connectivity index (χ4v) is 4.38. The molecule has 0 spiro atoms. The Morgan fingerprint density at radius 2 is 1.80 bits per heavy atom. The number of allylic oxidation sites excluding steroid dienone is 1. The van der Waals surface area contributed by atoms with Crippen LogP contribution in [0.15, 0.2) is 22.3 Å². The van der Waals surface area contributed by atoms with Gasteiger partial charge in [0.25, 0.3) is 0 Å². The molecule has 80 valence electrons. The first-order valence-corrected chi connectivity index (χ1v) is 7.49. The van der Waals surface area contributed by atoms with Crippen LogP contribution in [0.25, 0.3) is 0 Å². The molecule has 0 N–H and O–H groups in total. The van der Waals surface area contributed by atoms with Gasteiger partial charge in [0.05, 0.1) is 0 Å². The van der Waals surface area contributed by atoms with E-state index in [1.54, 1.807) is 0 Å². The number of halogens is 3. The fourth-order valence-electron chi connectivity index (χ4n) is 1.20. The first-order chi connectivity index (χ1) is 7.04. The van der Waals surface area contributed by atoms with Crippen molar-refractivity contribution in [3.63, 3.8) is 0 Å². The summed E-state index contributed by atoms with van der Waals surface area (Å²) in [6.45, 7) is 5.78. The third-order valence-electron chi connectivity index (χ3n) is 1.86. The predicted molar refractivity (Wildman–Crippen MR) is 55.8 cm³/mol. The zero-order valence-corrected chi connectivity index (χ0v) is 11.3. The minimum atomic E-state index is -1.48. The number of benzene rings is 1. The average molecular weight is 319 g/mol.